The maximum atomic E-state index is 11.7. The largest absolute Gasteiger partial charge is 0.389 e. The zero-order valence-electron chi connectivity index (χ0n) is 8.07. The highest BCUT2D eigenvalue weighted by molar-refractivity contribution is 7.99. The quantitative estimate of drug-likeness (QED) is 0.505. The summed E-state index contributed by atoms with van der Waals surface area (Å²) in [5.74, 6) is 1.81. The van der Waals surface area contributed by atoms with Crippen molar-refractivity contribution in [2.45, 2.75) is 19.0 Å². The fraction of sp³-hybridized carbons (Fsp3) is 0.778. The Hall–Kier alpha value is -0.160. The van der Waals surface area contributed by atoms with E-state index in [2.05, 4.69) is 11.9 Å². The summed E-state index contributed by atoms with van der Waals surface area (Å²) in [6.45, 7) is 4.77. The van der Waals surface area contributed by atoms with Crippen LogP contribution in [0.5, 0.6) is 0 Å². The molecule has 84 valence electrons. The number of rotatable bonds is 8. The molecule has 0 aromatic rings. The van der Waals surface area contributed by atoms with Crippen molar-refractivity contribution in [2.24, 2.45) is 0 Å². The number of hydrogen-bond acceptors (Lipinski definition) is 2. The maximum absolute atomic E-state index is 11.7. The van der Waals surface area contributed by atoms with Crippen LogP contribution in [0.25, 0.3) is 0 Å². The van der Waals surface area contributed by atoms with Crippen molar-refractivity contribution < 1.29 is 13.2 Å². The summed E-state index contributed by atoms with van der Waals surface area (Å²) in [6.07, 6.45) is -2.73. The third-order valence-electron chi connectivity index (χ3n) is 1.47. The summed E-state index contributed by atoms with van der Waals surface area (Å²) in [5, 5.41) is 2.96. The molecule has 0 aliphatic rings. The van der Waals surface area contributed by atoms with Crippen molar-refractivity contribution in [2.75, 3.05) is 24.6 Å². The third-order valence-corrected chi connectivity index (χ3v) is 2.44. The summed E-state index contributed by atoms with van der Waals surface area (Å²) in [4.78, 5) is 0. The number of alkyl halides is 3. The van der Waals surface area contributed by atoms with E-state index >= 15 is 0 Å². The molecule has 0 aliphatic heterocycles. The van der Waals surface area contributed by atoms with E-state index < -0.39 is 12.6 Å². The zero-order chi connectivity index (χ0) is 10.9. The van der Waals surface area contributed by atoms with Crippen LogP contribution in [0.2, 0.25) is 0 Å². The summed E-state index contributed by atoms with van der Waals surface area (Å²) < 4.78 is 35.1. The van der Waals surface area contributed by atoms with Gasteiger partial charge in [0.05, 0.1) is 0 Å². The van der Waals surface area contributed by atoms with Crippen molar-refractivity contribution in [1.82, 2.24) is 5.32 Å². The summed E-state index contributed by atoms with van der Waals surface area (Å²) >= 11 is 1.71. The number of hydrogen-bond donors (Lipinski definition) is 1. The molecule has 0 aromatic heterocycles. The number of thioether (sulfide) groups is 1. The lowest BCUT2D eigenvalue weighted by Crippen LogP contribution is -2.20. The first kappa shape index (κ1) is 13.8. The molecule has 0 aliphatic carbocycles. The smallest absolute Gasteiger partial charge is 0.316 e. The van der Waals surface area contributed by atoms with Gasteiger partial charge in [-0.3, -0.25) is 0 Å². The van der Waals surface area contributed by atoms with Gasteiger partial charge in [-0.05, 0) is 13.0 Å². The molecule has 0 radical (unpaired) electrons. The van der Waals surface area contributed by atoms with Crippen molar-refractivity contribution in [3.63, 3.8) is 0 Å². The van der Waals surface area contributed by atoms with E-state index in [9.17, 15) is 13.2 Å². The van der Waals surface area contributed by atoms with Crippen LogP contribution in [0.15, 0.2) is 12.7 Å². The normalized spacial score (nSPS) is 11.6. The van der Waals surface area contributed by atoms with E-state index in [0.29, 0.717) is 6.54 Å². The van der Waals surface area contributed by atoms with E-state index in [4.69, 9.17) is 0 Å². The lowest BCUT2D eigenvalue weighted by Gasteiger charge is -2.06. The Kier molecular flexibility index (Phi) is 8.08. The molecular weight excluding hydrogens is 211 g/mol. The van der Waals surface area contributed by atoms with Crippen LogP contribution < -0.4 is 5.32 Å². The molecule has 0 fully saturated rings. The molecule has 0 amide bonds. The van der Waals surface area contributed by atoms with Gasteiger partial charge in [-0.1, -0.05) is 6.08 Å². The molecule has 14 heavy (non-hydrogen) atoms. The van der Waals surface area contributed by atoms with Gasteiger partial charge in [0.25, 0.3) is 0 Å². The van der Waals surface area contributed by atoms with Crippen LogP contribution in [-0.4, -0.2) is 30.8 Å². The molecular formula is C9H16F3NS. The van der Waals surface area contributed by atoms with Gasteiger partial charge in [0.1, 0.15) is 0 Å². The van der Waals surface area contributed by atoms with Crippen LogP contribution in [0, 0.1) is 0 Å². The predicted octanol–water partition coefficient (Wildman–Crippen LogP) is 2.84. The van der Waals surface area contributed by atoms with E-state index in [1.54, 1.807) is 11.8 Å². The molecule has 0 rings (SSSR count). The average molecular weight is 227 g/mol. The van der Waals surface area contributed by atoms with Crippen molar-refractivity contribution in [3.05, 3.63) is 12.7 Å². The fourth-order valence-corrected chi connectivity index (χ4v) is 1.47. The van der Waals surface area contributed by atoms with Crippen molar-refractivity contribution >= 4 is 11.8 Å². The summed E-state index contributed by atoms with van der Waals surface area (Å²) in [7, 11) is 0. The van der Waals surface area contributed by atoms with Gasteiger partial charge in [0.15, 0.2) is 0 Å². The first-order chi connectivity index (χ1) is 6.56. The Morgan fingerprint density at radius 3 is 2.57 bits per heavy atom. The van der Waals surface area contributed by atoms with E-state index in [0.717, 1.165) is 18.1 Å². The van der Waals surface area contributed by atoms with Crippen molar-refractivity contribution in [3.8, 4) is 0 Å². The second-order valence-corrected chi connectivity index (χ2v) is 3.98. The van der Waals surface area contributed by atoms with Gasteiger partial charge in [-0.25, -0.2) is 0 Å². The molecule has 0 atom stereocenters. The molecule has 1 nitrogen and oxygen atoms in total. The molecule has 0 saturated carbocycles. The van der Waals surface area contributed by atoms with Crippen LogP contribution in [0.4, 0.5) is 13.2 Å². The predicted molar refractivity (Wildman–Crippen MR) is 55.7 cm³/mol. The minimum absolute atomic E-state index is 0.162. The van der Waals surface area contributed by atoms with Crippen molar-refractivity contribution in [1.29, 1.82) is 0 Å². The second kappa shape index (κ2) is 8.17. The molecule has 0 aromatic carbocycles. The Morgan fingerprint density at radius 1 is 1.29 bits per heavy atom. The number of nitrogens with one attached hydrogen (secondary N) is 1. The molecule has 1 N–H and O–H groups in total. The van der Waals surface area contributed by atoms with Crippen LogP contribution >= 0.6 is 11.8 Å². The van der Waals surface area contributed by atoms with Gasteiger partial charge in [0, 0.05) is 24.5 Å². The van der Waals surface area contributed by atoms with Crippen LogP contribution in [-0.2, 0) is 0 Å². The Labute approximate surface area is 87.1 Å². The SMILES string of the molecule is C=CCSCCNCCCC(F)(F)F. The van der Waals surface area contributed by atoms with E-state index in [-0.39, 0.29) is 6.42 Å². The highest BCUT2D eigenvalue weighted by Crippen LogP contribution is 2.20. The number of halogens is 3. The van der Waals surface area contributed by atoms with E-state index in [1.165, 1.54) is 0 Å². The lowest BCUT2D eigenvalue weighted by atomic mass is 10.3. The molecule has 0 unspecified atom stereocenters. The minimum atomic E-state index is -4.01. The molecule has 0 spiro atoms. The van der Waals surface area contributed by atoms with Gasteiger partial charge in [-0.15, -0.1) is 6.58 Å². The molecule has 5 heteroatoms. The molecule has 0 bridgehead atoms. The first-order valence-corrected chi connectivity index (χ1v) is 5.68. The van der Waals surface area contributed by atoms with Gasteiger partial charge >= 0.3 is 6.18 Å². The zero-order valence-corrected chi connectivity index (χ0v) is 8.89. The Bertz CT molecular complexity index is 147. The topological polar surface area (TPSA) is 12.0 Å². The minimum Gasteiger partial charge on any atom is -0.316 e. The molecule has 0 heterocycles. The maximum Gasteiger partial charge on any atom is 0.389 e. The fourth-order valence-electron chi connectivity index (χ4n) is 0.850. The van der Waals surface area contributed by atoms with Gasteiger partial charge in [-0.2, -0.15) is 24.9 Å². The Morgan fingerprint density at radius 2 is 2.00 bits per heavy atom. The first-order valence-electron chi connectivity index (χ1n) is 4.52. The average Bonchev–Trinajstić information content (AvgIpc) is 2.08. The summed E-state index contributed by atoms with van der Waals surface area (Å²) in [6, 6.07) is 0. The highest BCUT2D eigenvalue weighted by Gasteiger charge is 2.25. The van der Waals surface area contributed by atoms with Crippen LogP contribution in [0.3, 0.4) is 0 Å². The third kappa shape index (κ3) is 11.8. The van der Waals surface area contributed by atoms with Gasteiger partial charge in [0.2, 0.25) is 0 Å². The van der Waals surface area contributed by atoms with E-state index in [1.807, 2.05) is 6.08 Å². The summed E-state index contributed by atoms with van der Waals surface area (Å²) in [5.41, 5.74) is 0. The van der Waals surface area contributed by atoms with Crippen LogP contribution in [0.1, 0.15) is 12.8 Å². The second-order valence-electron chi connectivity index (χ2n) is 2.83. The van der Waals surface area contributed by atoms with Gasteiger partial charge < -0.3 is 5.32 Å². The molecule has 0 saturated heterocycles. The highest BCUT2D eigenvalue weighted by atomic mass is 32.2. The monoisotopic (exact) mass is 227 g/mol. The standard InChI is InChI=1S/C9H16F3NS/c1-2-7-14-8-6-13-5-3-4-9(10,11)12/h2,13H,1,3-8H2. The Balaban J connectivity index is 3.03. The lowest BCUT2D eigenvalue weighted by molar-refractivity contribution is -0.135.